The van der Waals surface area contributed by atoms with Gasteiger partial charge >= 0.3 is 6.09 Å². The van der Waals surface area contributed by atoms with Crippen LogP contribution in [-0.2, 0) is 19.1 Å². The first-order valence-corrected chi connectivity index (χ1v) is 12.7. The van der Waals surface area contributed by atoms with Gasteiger partial charge in [0, 0.05) is 12.2 Å². The third-order valence-corrected chi connectivity index (χ3v) is 5.79. The van der Waals surface area contributed by atoms with Gasteiger partial charge < -0.3 is 31.1 Å². The van der Waals surface area contributed by atoms with E-state index in [2.05, 4.69) is 17.2 Å². The van der Waals surface area contributed by atoms with Gasteiger partial charge in [0.1, 0.15) is 23.4 Å². The molecule has 0 radical (unpaired) electrons. The number of nitrogens with two attached hydrogens (primary N) is 1. The second-order valence-corrected chi connectivity index (χ2v) is 10.2. The molecule has 0 fully saturated rings. The predicted molar refractivity (Wildman–Crippen MR) is 152 cm³/mol. The first-order valence-electron chi connectivity index (χ1n) is 12.7. The number of nitrogens with zero attached hydrogens (tertiary/aromatic N) is 1. The number of fused-ring (bicyclic) bond motifs is 1. The Kier molecular flexibility index (Phi) is 9.50. The molecule has 0 spiro atoms. The number of ether oxygens (including phenoxy) is 1. The van der Waals surface area contributed by atoms with Crippen molar-refractivity contribution in [2.75, 3.05) is 11.9 Å². The Balaban J connectivity index is 2.00. The van der Waals surface area contributed by atoms with Crippen LogP contribution in [0.1, 0.15) is 38.8 Å². The third kappa shape index (κ3) is 8.07. The smallest absolute Gasteiger partial charge is 0.408 e. The number of carbonyl (C=O) groups is 4. The van der Waals surface area contributed by atoms with Crippen molar-refractivity contribution >= 4 is 40.3 Å². The first-order chi connectivity index (χ1) is 18.9. The Morgan fingerprint density at radius 3 is 2.27 bits per heavy atom. The number of benzene rings is 3. The molecule has 10 heteroatoms. The molecule has 0 aliphatic heterocycles. The van der Waals surface area contributed by atoms with E-state index in [0.717, 1.165) is 10.8 Å². The number of alkyl carbamates (subject to hydrolysis) is 1. The standard InChI is InChI=1S/C30H34N4O6/c1-5-16-34(28(38)24(18-25(31)36)33-29(39)40-30(2,3)4)26(20-11-14-23(35)15-12-20)27(37)32-22-13-10-19-8-6-7-9-21(19)17-22/h5-15,17,24,26,35H,1,16,18H2,2-4H3,(H2,31,36)(H,32,37)(H,33,39). The lowest BCUT2D eigenvalue weighted by molar-refractivity contribution is -0.141. The van der Waals surface area contributed by atoms with Gasteiger partial charge in [-0.05, 0) is 61.4 Å². The Labute approximate surface area is 232 Å². The van der Waals surface area contributed by atoms with Crippen molar-refractivity contribution < 1.29 is 29.0 Å². The van der Waals surface area contributed by atoms with Crippen molar-refractivity contribution in [3.63, 3.8) is 0 Å². The van der Waals surface area contributed by atoms with Crippen LogP contribution in [0.2, 0.25) is 0 Å². The van der Waals surface area contributed by atoms with Crippen LogP contribution in [0.25, 0.3) is 10.8 Å². The molecule has 0 aliphatic rings. The maximum absolute atomic E-state index is 13.9. The maximum atomic E-state index is 13.9. The molecule has 3 aromatic rings. The van der Waals surface area contributed by atoms with Crippen molar-refractivity contribution in [3.05, 3.63) is 84.9 Å². The molecular weight excluding hydrogens is 512 g/mol. The van der Waals surface area contributed by atoms with E-state index in [-0.39, 0.29) is 12.3 Å². The fourth-order valence-electron chi connectivity index (χ4n) is 4.12. The topological polar surface area (TPSA) is 151 Å². The Hall–Kier alpha value is -4.86. The SMILES string of the molecule is C=CCN(C(=O)C(CC(N)=O)NC(=O)OC(C)(C)C)C(C(=O)Nc1ccc2ccccc2c1)c1ccc(O)cc1. The summed E-state index contributed by atoms with van der Waals surface area (Å²) in [5.74, 6) is -2.19. The largest absolute Gasteiger partial charge is 0.508 e. The van der Waals surface area contributed by atoms with E-state index in [9.17, 15) is 24.3 Å². The molecule has 4 amide bonds. The van der Waals surface area contributed by atoms with E-state index in [1.165, 1.54) is 35.2 Å². The van der Waals surface area contributed by atoms with Crippen molar-refractivity contribution in [2.24, 2.45) is 5.73 Å². The highest BCUT2D eigenvalue weighted by Crippen LogP contribution is 2.27. The number of carbonyl (C=O) groups excluding carboxylic acids is 4. The summed E-state index contributed by atoms with van der Waals surface area (Å²) in [7, 11) is 0. The zero-order chi connectivity index (χ0) is 29.4. The number of phenolic OH excluding ortho intramolecular Hbond substituents is 1. The highest BCUT2D eigenvalue weighted by Gasteiger charge is 2.36. The second-order valence-electron chi connectivity index (χ2n) is 10.2. The number of nitrogens with one attached hydrogen (secondary N) is 2. The number of phenols is 1. The molecule has 40 heavy (non-hydrogen) atoms. The number of hydrogen-bond donors (Lipinski definition) is 4. The highest BCUT2D eigenvalue weighted by molar-refractivity contribution is 6.01. The van der Waals surface area contributed by atoms with E-state index in [1.54, 1.807) is 32.9 Å². The molecule has 0 aliphatic carbocycles. The fraction of sp³-hybridized carbons (Fsp3) is 0.267. The van der Waals surface area contributed by atoms with Crippen molar-refractivity contribution in [1.82, 2.24) is 10.2 Å². The quantitative estimate of drug-likeness (QED) is 0.282. The van der Waals surface area contributed by atoms with E-state index in [0.29, 0.717) is 11.3 Å². The fourth-order valence-corrected chi connectivity index (χ4v) is 4.12. The Morgan fingerprint density at radius 2 is 1.68 bits per heavy atom. The van der Waals surface area contributed by atoms with Crippen LogP contribution in [0.4, 0.5) is 10.5 Å². The van der Waals surface area contributed by atoms with Gasteiger partial charge in [-0.1, -0.05) is 48.5 Å². The molecule has 2 atom stereocenters. The summed E-state index contributed by atoms with van der Waals surface area (Å²) in [6.45, 7) is 8.56. The second kappa shape index (κ2) is 12.8. The molecule has 0 heterocycles. The van der Waals surface area contributed by atoms with E-state index < -0.39 is 47.9 Å². The zero-order valence-electron chi connectivity index (χ0n) is 22.7. The van der Waals surface area contributed by atoms with Crippen LogP contribution < -0.4 is 16.4 Å². The molecule has 10 nitrogen and oxygen atoms in total. The van der Waals surface area contributed by atoms with E-state index in [4.69, 9.17) is 10.5 Å². The summed E-state index contributed by atoms with van der Waals surface area (Å²) in [6, 6.07) is 16.2. The summed E-state index contributed by atoms with van der Waals surface area (Å²) in [4.78, 5) is 53.2. The lowest BCUT2D eigenvalue weighted by Crippen LogP contribution is -2.53. The molecule has 3 rings (SSSR count). The van der Waals surface area contributed by atoms with Crippen LogP contribution in [0.3, 0.4) is 0 Å². The zero-order valence-corrected chi connectivity index (χ0v) is 22.7. The summed E-state index contributed by atoms with van der Waals surface area (Å²) in [6.07, 6.45) is -0.0311. The number of hydrogen-bond acceptors (Lipinski definition) is 6. The molecule has 3 aromatic carbocycles. The number of rotatable bonds is 10. The van der Waals surface area contributed by atoms with Crippen LogP contribution >= 0.6 is 0 Å². The monoisotopic (exact) mass is 546 g/mol. The number of aromatic hydroxyl groups is 1. The van der Waals surface area contributed by atoms with Gasteiger partial charge in [-0.3, -0.25) is 14.4 Å². The first kappa shape index (κ1) is 29.7. The van der Waals surface area contributed by atoms with Gasteiger partial charge in [0.05, 0.1) is 6.42 Å². The molecule has 0 saturated heterocycles. The Bertz CT molecular complexity index is 1400. The average molecular weight is 547 g/mol. The minimum atomic E-state index is -1.42. The third-order valence-electron chi connectivity index (χ3n) is 5.79. The number of anilines is 1. The molecular formula is C30H34N4O6. The summed E-state index contributed by atoms with van der Waals surface area (Å²) in [5.41, 5.74) is 5.40. The van der Waals surface area contributed by atoms with Gasteiger partial charge in [-0.2, -0.15) is 0 Å². The van der Waals surface area contributed by atoms with Crippen molar-refractivity contribution in [1.29, 1.82) is 0 Å². The van der Waals surface area contributed by atoms with E-state index >= 15 is 0 Å². The van der Waals surface area contributed by atoms with Crippen LogP contribution in [-0.4, -0.2) is 52.0 Å². The van der Waals surface area contributed by atoms with Crippen LogP contribution in [0.15, 0.2) is 79.4 Å². The predicted octanol–water partition coefficient (Wildman–Crippen LogP) is 4.01. The normalized spacial score (nSPS) is 12.6. The maximum Gasteiger partial charge on any atom is 0.408 e. The lowest BCUT2D eigenvalue weighted by atomic mass is 10.0. The lowest BCUT2D eigenvalue weighted by Gasteiger charge is -2.33. The van der Waals surface area contributed by atoms with Gasteiger partial charge in [0.25, 0.3) is 5.91 Å². The molecule has 5 N–H and O–H groups in total. The summed E-state index contributed by atoms with van der Waals surface area (Å²) < 4.78 is 5.26. The molecule has 210 valence electrons. The Morgan fingerprint density at radius 1 is 1.02 bits per heavy atom. The molecule has 0 bridgehead atoms. The minimum absolute atomic E-state index is 0.0303. The number of primary amides is 1. The van der Waals surface area contributed by atoms with Crippen molar-refractivity contribution in [2.45, 2.75) is 44.9 Å². The van der Waals surface area contributed by atoms with Gasteiger partial charge in [-0.25, -0.2) is 4.79 Å². The molecule has 0 saturated carbocycles. The van der Waals surface area contributed by atoms with Crippen LogP contribution in [0.5, 0.6) is 5.75 Å². The average Bonchev–Trinajstić information content (AvgIpc) is 2.87. The van der Waals surface area contributed by atoms with E-state index in [1.807, 2.05) is 30.3 Å². The minimum Gasteiger partial charge on any atom is -0.508 e. The van der Waals surface area contributed by atoms with Gasteiger partial charge in [0.15, 0.2) is 0 Å². The molecule has 2 unspecified atom stereocenters. The van der Waals surface area contributed by atoms with Gasteiger partial charge in [0.2, 0.25) is 11.8 Å². The van der Waals surface area contributed by atoms with Crippen molar-refractivity contribution in [3.8, 4) is 5.75 Å². The van der Waals surface area contributed by atoms with Crippen LogP contribution in [0, 0.1) is 0 Å². The highest BCUT2D eigenvalue weighted by atomic mass is 16.6. The number of amides is 4. The summed E-state index contributed by atoms with van der Waals surface area (Å²) in [5, 5.41) is 17.0. The van der Waals surface area contributed by atoms with Gasteiger partial charge in [-0.15, -0.1) is 6.58 Å². The summed E-state index contributed by atoms with van der Waals surface area (Å²) >= 11 is 0. The molecule has 0 aromatic heterocycles.